The Morgan fingerprint density at radius 2 is 1.65 bits per heavy atom. The number of nitro benzene ring substituents is 1. The molecule has 0 atom stereocenters. The molecule has 98 valence electrons. The molecule has 0 bridgehead atoms. The predicted octanol–water partition coefficient (Wildman–Crippen LogP) is 3.31. The van der Waals surface area contributed by atoms with Gasteiger partial charge in [0.15, 0.2) is 0 Å². The summed E-state index contributed by atoms with van der Waals surface area (Å²) in [4.78, 5) is 8.66. The summed E-state index contributed by atoms with van der Waals surface area (Å²) in [5.74, 6) is 0. The van der Waals surface area contributed by atoms with Crippen LogP contribution >= 0.6 is 0 Å². The summed E-state index contributed by atoms with van der Waals surface area (Å²) in [5, 5.41) is 10.2. The summed E-state index contributed by atoms with van der Waals surface area (Å²) in [7, 11) is -4.86. The van der Waals surface area contributed by atoms with Crippen molar-refractivity contribution in [3.8, 4) is 0 Å². The van der Waals surface area contributed by atoms with Gasteiger partial charge in [-0.2, -0.15) is 8.42 Å². The lowest BCUT2D eigenvalue weighted by atomic mass is 10.3. The van der Waals surface area contributed by atoms with E-state index in [1.54, 1.807) is 0 Å². The van der Waals surface area contributed by atoms with Crippen molar-refractivity contribution in [3.63, 3.8) is 0 Å². The Bertz CT molecular complexity index is 445. The molecule has 1 aromatic carbocycles. The van der Waals surface area contributed by atoms with Crippen LogP contribution in [0.1, 0.15) is 27.7 Å². The zero-order valence-electron chi connectivity index (χ0n) is 10.2. The summed E-state index contributed by atoms with van der Waals surface area (Å²) >= 11 is 0. The van der Waals surface area contributed by atoms with Gasteiger partial charge in [-0.25, -0.2) is 0 Å². The highest BCUT2D eigenvalue weighted by molar-refractivity contribution is 7.86. The zero-order chi connectivity index (χ0) is 14.1. The smallest absolute Gasteiger partial charge is 0.258 e. The van der Waals surface area contributed by atoms with Gasteiger partial charge in [-0.3, -0.25) is 10.1 Å². The molecular weight excluding hydrogens is 249 g/mol. The van der Waals surface area contributed by atoms with Gasteiger partial charge in [0.25, 0.3) is 5.69 Å². The number of nitro groups is 1. The maximum Gasteiger partial charge on any atom is 0.332 e. The molecule has 0 saturated carbocycles. The van der Waals surface area contributed by atoms with Crippen LogP contribution < -0.4 is 0 Å². The van der Waals surface area contributed by atoms with Crippen LogP contribution in [0.25, 0.3) is 0 Å². The van der Waals surface area contributed by atoms with E-state index in [0.717, 1.165) is 18.2 Å². The van der Waals surface area contributed by atoms with Gasteiger partial charge in [0.1, 0.15) is 4.90 Å². The van der Waals surface area contributed by atoms with Crippen molar-refractivity contribution in [2.24, 2.45) is 0 Å². The average molecular weight is 265 g/mol. The second-order valence-corrected chi connectivity index (χ2v) is 3.54. The third-order valence-electron chi connectivity index (χ3n) is 1.31. The molecule has 0 N–H and O–H groups in total. The molecule has 0 saturated heterocycles. The third kappa shape index (κ3) is 6.62. The maximum absolute atomic E-state index is 12.3. The normalized spacial score (nSPS) is 9.24. The van der Waals surface area contributed by atoms with Crippen LogP contribution in [0, 0.1) is 10.1 Å². The van der Waals surface area contributed by atoms with E-state index in [2.05, 4.69) is 0 Å². The SMILES string of the molecule is CC.CC.O=[N+]([O-])c1cccc(S(=O)(=O)F)c1. The molecule has 17 heavy (non-hydrogen) atoms. The molecule has 0 amide bonds. The van der Waals surface area contributed by atoms with Crippen molar-refractivity contribution >= 4 is 15.9 Å². The number of benzene rings is 1. The van der Waals surface area contributed by atoms with Gasteiger partial charge in [0, 0.05) is 12.1 Å². The summed E-state index contributed by atoms with van der Waals surface area (Å²) in [6, 6.07) is 3.79. The van der Waals surface area contributed by atoms with E-state index in [1.807, 2.05) is 27.7 Å². The second kappa shape index (κ2) is 8.63. The molecule has 0 aromatic heterocycles. The van der Waals surface area contributed by atoms with Crippen LogP contribution in [-0.2, 0) is 10.2 Å². The fraction of sp³-hybridized carbons (Fsp3) is 0.400. The highest BCUT2D eigenvalue weighted by Crippen LogP contribution is 2.18. The first-order valence-electron chi connectivity index (χ1n) is 5.10. The fourth-order valence-corrected chi connectivity index (χ4v) is 1.25. The Morgan fingerprint density at radius 3 is 2.00 bits per heavy atom. The maximum atomic E-state index is 12.3. The summed E-state index contributed by atoms with van der Waals surface area (Å²) in [6.07, 6.45) is 0. The average Bonchev–Trinajstić information content (AvgIpc) is 2.33. The topological polar surface area (TPSA) is 77.3 Å². The van der Waals surface area contributed by atoms with Crippen LogP contribution in [0.5, 0.6) is 0 Å². The van der Waals surface area contributed by atoms with Crippen LogP contribution in [0.2, 0.25) is 0 Å². The molecule has 0 fully saturated rings. The molecule has 0 aliphatic carbocycles. The second-order valence-electron chi connectivity index (χ2n) is 2.19. The molecule has 1 rings (SSSR count). The highest BCUT2D eigenvalue weighted by Gasteiger charge is 2.15. The van der Waals surface area contributed by atoms with Gasteiger partial charge in [-0.15, -0.1) is 3.89 Å². The molecule has 0 aliphatic heterocycles. The van der Waals surface area contributed by atoms with Gasteiger partial charge in [0.2, 0.25) is 0 Å². The molecule has 7 heteroatoms. The van der Waals surface area contributed by atoms with Crippen molar-refractivity contribution in [2.75, 3.05) is 0 Å². The Hall–Kier alpha value is -1.50. The van der Waals surface area contributed by atoms with Crippen molar-refractivity contribution in [1.29, 1.82) is 0 Å². The predicted molar refractivity (Wildman–Crippen MR) is 64.1 cm³/mol. The highest BCUT2D eigenvalue weighted by atomic mass is 32.3. The van der Waals surface area contributed by atoms with Gasteiger partial charge in [-0.1, -0.05) is 33.8 Å². The van der Waals surface area contributed by atoms with Gasteiger partial charge >= 0.3 is 10.2 Å². The van der Waals surface area contributed by atoms with Gasteiger partial charge < -0.3 is 0 Å². The number of rotatable bonds is 2. The molecule has 0 radical (unpaired) electrons. The third-order valence-corrected chi connectivity index (χ3v) is 2.13. The minimum absolute atomic E-state index is 0.460. The van der Waals surface area contributed by atoms with Crippen molar-refractivity contribution in [2.45, 2.75) is 32.6 Å². The first-order chi connectivity index (χ1) is 7.91. The quantitative estimate of drug-likeness (QED) is 0.467. The molecular formula is C10H16FNO4S. The summed E-state index contributed by atoms with van der Waals surface area (Å²) in [5.41, 5.74) is -0.460. The summed E-state index contributed by atoms with van der Waals surface area (Å²) in [6.45, 7) is 8.00. The number of hydrogen-bond donors (Lipinski definition) is 0. The van der Waals surface area contributed by atoms with Crippen LogP contribution in [-0.4, -0.2) is 13.3 Å². The van der Waals surface area contributed by atoms with Crippen molar-refractivity contribution in [1.82, 2.24) is 0 Å². The molecule has 1 aromatic rings. The van der Waals surface area contributed by atoms with E-state index >= 15 is 0 Å². The monoisotopic (exact) mass is 265 g/mol. The fourth-order valence-electron chi connectivity index (χ4n) is 0.749. The number of halogens is 1. The van der Waals surface area contributed by atoms with Gasteiger partial charge in [-0.05, 0) is 6.07 Å². The Morgan fingerprint density at radius 1 is 1.18 bits per heavy atom. The Kier molecular flexibility index (Phi) is 9.08. The van der Waals surface area contributed by atoms with E-state index in [4.69, 9.17) is 0 Å². The van der Waals surface area contributed by atoms with Crippen molar-refractivity contribution in [3.05, 3.63) is 34.4 Å². The number of hydrogen-bond acceptors (Lipinski definition) is 4. The standard InChI is InChI=1S/C6H4FNO4S.2C2H6/c7-13(11,12)6-3-1-2-5(4-6)8(9)10;2*1-2/h1-4H;2*1-2H3. The van der Waals surface area contributed by atoms with E-state index < -0.39 is 25.7 Å². The Balaban J connectivity index is 0. The minimum Gasteiger partial charge on any atom is -0.258 e. The van der Waals surface area contributed by atoms with Crippen LogP contribution in [0.15, 0.2) is 29.2 Å². The van der Waals surface area contributed by atoms with E-state index in [-0.39, 0.29) is 0 Å². The molecule has 0 unspecified atom stereocenters. The minimum atomic E-state index is -4.86. The Labute approximate surface area is 101 Å². The molecule has 5 nitrogen and oxygen atoms in total. The van der Waals surface area contributed by atoms with E-state index in [0.29, 0.717) is 6.07 Å². The van der Waals surface area contributed by atoms with E-state index in [9.17, 15) is 22.4 Å². The first kappa shape index (κ1) is 17.9. The zero-order valence-corrected chi connectivity index (χ0v) is 11.0. The lowest BCUT2D eigenvalue weighted by molar-refractivity contribution is -0.385. The van der Waals surface area contributed by atoms with E-state index in [1.165, 1.54) is 0 Å². The first-order valence-corrected chi connectivity index (χ1v) is 6.49. The van der Waals surface area contributed by atoms with Crippen LogP contribution in [0.4, 0.5) is 9.57 Å². The van der Waals surface area contributed by atoms with Gasteiger partial charge in [0.05, 0.1) is 4.92 Å². The number of non-ortho nitro benzene ring substituents is 1. The van der Waals surface area contributed by atoms with Crippen molar-refractivity contribution < 1.29 is 17.2 Å². The lowest BCUT2D eigenvalue weighted by Crippen LogP contribution is -1.94. The summed E-state index contributed by atoms with van der Waals surface area (Å²) < 4.78 is 33.0. The molecule has 0 heterocycles. The number of nitrogens with zero attached hydrogens (tertiary/aromatic N) is 1. The van der Waals surface area contributed by atoms with Crippen LogP contribution in [0.3, 0.4) is 0 Å². The largest absolute Gasteiger partial charge is 0.332 e. The molecule has 0 aliphatic rings. The lowest BCUT2D eigenvalue weighted by Gasteiger charge is -1.93. The molecule has 0 spiro atoms.